The van der Waals surface area contributed by atoms with E-state index in [0.29, 0.717) is 24.5 Å². The maximum Gasteiger partial charge on any atom is 0.272 e. The second kappa shape index (κ2) is 10.5. The Bertz CT molecular complexity index is 1160. The molecular weight excluding hydrogens is 438 g/mol. The van der Waals surface area contributed by atoms with Crippen LogP contribution in [-0.2, 0) is 16.9 Å². The van der Waals surface area contributed by atoms with Gasteiger partial charge in [0.1, 0.15) is 5.69 Å². The molecule has 1 aliphatic rings. The summed E-state index contributed by atoms with van der Waals surface area (Å²) < 4.78 is 0. The SMILES string of the molecule is CCCN(CCC)C(=O)c1cccc(CN2C(=O)C(c3ccccc3)(c3ccccc3)N=C2N)n1. The third kappa shape index (κ3) is 4.67. The fraction of sp³-hybridized carbons (Fsp3) is 0.286. The number of pyridine rings is 1. The number of hydrogen-bond donors (Lipinski definition) is 1. The van der Waals surface area contributed by atoms with Crippen LogP contribution in [0.4, 0.5) is 0 Å². The number of guanidine groups is 1. The number of aliphatic imine (C=N–C) groups is 1. The standard InChI is InChI=1S/C28H31N5O2/c1-3-18-32(19-4-2)25(34)24-17-11-16-23(30-24)20-33-26(35)28(31-27(33)29,21-12-7-5-8-13-21)22-14-9-6-10-15-22/h5-17H,3-4,18-20H2,1-2H3,(H2,29,31). The fourth-order valence-corrected chi connectivity index (χ4v) is 4.50. The van der Waals surface area contributed by atoms with Crippen molar-refractivity contribution in [2.75, 3.05) is 13.1 Å². The summed E-state index contributed by atoms with van der Waals surface area (Å²) in [5.41, 5.74) is 7.51. The first kappa shape index (κ1) is 24.1. The molecule has 1 aliphatic heterocycles. The van der Waals surface area contributed by atoms with Gasteiger partial charge in [-0.05, 0) is 36.1 Å². The summed E-state index contributed by atoms with van der Waals surface area (Å²) in [5, 5.41) is 0. The molecule has 0 atom stereocenters. The van der Waals surface area contributed by atoms with E-state index in [9.17, 15) is 9.59 Å². The maximum absolute atomic E-state index is 14.0. The molecule has 0 bridgehead atoms. The van der Waals surface area contributed by atoms with Gasteiger partial charge in [-0.25, -0.2) is 9.98 Å². The van der Waals surface area contributed by atoms with E-state index in [1.165, 1.54) is 4.90 Å². The molecule has 1 aromatic heterocycles. The predicted molar refractivity (Wildman–Crippen MR) is 137 cm³/mol. The van der Waals surface area contributed by atoms with Crippen LogP contribution < -0.4 is 5.73 Å². The zero-order chi connectivity index (χ0) is 24.8. The molecule has 2 N–H and O–H groups in total. The molecule has 180 valence electrons. The molecule has 0 fully saturated rings. The van der Waals surface area contributed by atoms with Crippen LogP contribution in [0.5, 0.6) is 0 Å². The Morgan fingerprint density at radius 3 is 2.00 bits per heavy atom. The quantitative estimate of drug-likeness (QED) is 0.514. The highest BCUT2D eigenvalue weighted by atomic mass is 16.2. The highest BCUT2D eigenvalue weighted by Gasteiger charge is 2.50. The van der Waals surface area contributed by atoms with Gasteiger partial charge in [0.15, 0.2) is 11.5 Å². The van der Waals surface area contributed by atoms with Gasteiger partial charge in [0.2, 0.25) is 0 Å². The van der Waals surface area contributed by atoms with Crippen molar-refractivity contribution in [3.05, 3.63) is 101 Å². The van der Waals surface area contributed by atoms with Gasteiger partial charge < -0.3 is 10.6 Å². The normalized spacial score (nSPS) is 14.6. The second-order valence-corrected chi connectivity index (χ2v) is 8.61. The van der Waals surface area contributed by atoms with E-state index in [4.69, 9.17) is 10.7 Å². The average molecular weight is 470 g/mol. The van der Waals surface area contributed by atoms with Crippen molar-refractivity contribution in [2.45, 2.75) is 38.8 Å². The lowest BCUT2D eigenvalue weighted by Crippen LogP contribution is -2.43. The van der Waals surface area contributed by atoms with Crippen molar-refractivity contribution in [3.63, 3.8) is 0 Å². The summed E-state index contributed by atoms with van der Waals surface area (Å²) in [5.74, 6) is -0.225. The molecule has 4 rings (SSSR count). The first-order valence-corrected chi connectivity index (χ1v) is 12.0. The van der Waals surface area contributed by atoms with Gasteiger partial charge in [-0.3, -0.25) is 14.5 Å². The van der Waals surface area contributed by atoms with Crippen LogP contribution in [0, 0.1) is 0 Å². The number of nitrogens with zero attached hydrogens (tertiary/aromatic N) is 4. The van der Waals surface area contributed by atoms with Gasteiger partial charge >= 0.3 is 0 Å². The minimum absolute atomic E-state index is 0.104. The summed E-state index contributed by atoms with van der Waals surface area (Å²) in [6.07, 6.45) is 1.75. The van der Waals surface area contributed by atoms with Crippen molar-refractivity contribution in [2.24, 2.45) is 10.7 Å². The van der Waals surface area contributed by atoms with Crippen molar-refractivity contribution in [3.8, 4) is 0 Å². The number of carbonyl (C=O) groups is 2. The Morgan fingerprint density at radius 2 is 1.46 bits per heavy atom. The Balaban J connectivity index is 1.66. The summed E-state index contributed by atoms with van der Waals surface area (Å²) in [6, 6.07) is 24.2. The third-order valence-electron chi connectivity index (χ3n) is 6.12. The molecule has 2 aromatic carbocycles. The van der Waals surface area contributed by atoms with Crippen molar-refractivity contribution in [1.29, 1.82) is 0 Å². The van der Waals surface area contributed by atoms with E-state index in [1.54, 1.807) is 18.2 Å². The minimum Gasteiger partial charge on any atom is -0.369 e. The lowest BCUT2D eigenvalue weighted by atomic mass is 9.83. The zero-order valence-corrected chi connectivity index (χ0v) is 20.2. The first-order valence-electron chi connectivity index (χ1n) is 12.0. The fourth-order valence-electron chi connectivity index (χ4n) is 4.50. The Labute approximate surface area is 206 Å². The molecule has 0 radical (unpaired) electrons. The molecule has 7 heteroatoms. The Morgan fingerprint density at radius 1 is 0.886 bits per heavy atom. The number of rotatable bonds is 9. The third-order valence-corrected chi connectivity index (χ3v) is 6.12. The Kier molecular flexibility index (Phi) is 7.25. The van der Waals surface area contributed by atoms with Gasteiger partial charge in [-0.15, -0.1) is 0 Å². The number of aromatic nitrogens is 1. The molecule has 7 nitrogen and oxygen atoms in total. The highest BCUT2D eigenvalue weighted by molar-refractivity contribution is 6.09. The average Bonchev–Trinajstić information content (AvgIpc) is 3.15. The van der Waals surface area contributed by atoms with Gasteiger partial charge in [-0.1, -0.05) is 80.6 Å². The molecule has 3 aromatic rings. The molecule has 0 saturated carbocycles. The summed E-state index contributed by atoms with van der Waals surface area (Å²) in [6.45, 7) is 5.58. The number of benzene rings is 2. The number of amides is 2. The molecule has 0 spiro atoms. The van der Waals surface area contributed by atoms with E-state index in [-0.39, 0.29) is 24.3 Å². The lowest BCUT2D eigenvalue weighted by Gasteiger charge is -2.27. The summed E-state index contributed by atoms with van der Waals surface area (Å²) in [7, 11) is 0. The van der Waals surface area contributed by atoms with Crippen molar-refractivity contribution >= 4 is 17.8 Å². The lowest BCUT2D eigenvalue weighted by molar-refractivity contribution is -0.130. The minimum atomic E-state index is -1.26. The molecular formula is C28H31N5O2. The van der Waals surface area contributed by atoms with Crippen LogP contribution in [0.15, 0.2) is 83.9 Å². The summed E-state index contributed by atoms with van der Waals surface area (Å²) >= 11 is 0. The summed E-state index contributed by atoms with van der Waals surface area (Å²) in [4.78, 5) is 39.6. The van der Waals surface area contributed by atoms with E-state index in [0.717, 1.165) is 24.0 Å². The van der Waals surface area contributed by atoms with Crippen LogP contribution in [0.25, 0.3) is 0 Å². The van der Waals surface area contributed by atoms with Crippen molar-refractivity contribution < 1.29 is 9.59 Å². The molecule has 35 heavy (non-hydrogen) atoms. The van der Waals surface area contributed by atoms with Crippen LogP contribution in [0.3, 0.4) is 0 Å². The zero-order valence-electron chi connectivity index (χ0n) is 20.2. The Hall–Kier alpha value is -4.00. The predicted octanol–water partition coefficient (Wildman–Crippen LogP) is 3.94. The van der Waals surface area contributed by atoms with Crippen LogP contribution in [0.2, 0.25) is 0 Å². The van der Waals surface area contributed by atoms with Crippen LogP contribution in [-0.4, -0.2) is 45.6 Å². The van der Waals surface area contributed by atoms with Gasteiger partial charge in [0.05, 0.1) is 12.2 Å². The monoisotopic (exact) mass is 469 g/mol. The van der Waals surface area contributed by atoms with Crippen LogP contribution in [0.1, 0.15) is 54.0 Å². The van der Waals surface area contributed by atoms with E-state index < -0.39 is 5.54 Å². The van der Waals surface area contributed by atoms with E-state index >= 15 is 0 Å². The second-order valence-electron chi connectivity index (χ2n) is 8.61. The molecule has 2 amide bonds. The van der Waals surface area contributed by atoms with E-state index in [1.807, 2.05) is 79.4 Å². The molecule has 0 aliphatic carbocycles. The topological polar surface area (TPSA) is 91.9 Å². The van der Waals surface area contributed by atoms with E-state index in [2.05, 4.69) is 4.98 Å². The molecule has 2 heterocycles. The highest BCUT2D eigenvalue weighted by Crippen LogP contribution is 2.39. The van der Waals surface area contributed by atoms with Crippen molar-refractivity contribution in [1.82, 2.24) is 14.8 Å². The van der Waals surface area contributed by atoms with Crippen LogP contribution >= 0.6 is 0 Å². The molecule has 0 unspecified atom stereocenters. The number of carbonyl (C=O) groups excluding carboxylic acids is 2. The first-order chi connectivity index (χ1) is 17.0. The van der Waals surface area contributed by atoms with Gasteiger partial charge in [-0.2, -0.15) is 0 Å². The van der Waals surface area contributed by atoms with Gasteiger partial charge in [0, 0.05) is 13.1 Å². The van der Waals surface area contributed by atoms with Gasteiger partial charge in [0.25, 0.3) is 11.8 Å². The number of hydrogen-bond acceptors (Lipinski definition) is 5. The smallest absolute Gasteiger partial charge is 0.272 e. The molecule has 0 saturated heterocycles. The maximum atomic E-state index is 14.0. The number of nitrogens with two attached hydrogens (primary N) is 1. The largest absolute Gasteiger partial charge is 0.369 e.